The lowest BCUT2D eigenvalue weighted by atomic mass is 9.65. The van der Waals surface area contributed by atoms with Gasteiger partial charge in [-0.3, -0.25) is 0 Å². The van der Waals surface area contributed by atoms with Crippen LogP contribution in [0.4, 0.5) is 0 Å². The normalized spacial score (nSPS) is 23.1. The third-order valence-corrected chi connectivity index (χ3v) is 9.72. The molecule has 0 aromatic heterocycles. The molecule has 1 atom stereocenters. The summed E-state index contributed by atoms with van der Waals surface area (Å²) in [6, 6.07) is 4.84. The van der Waals surface area contributed by atoms with Gasteiger partial charge in [-0.15, -0.1) is 0 Å². The number of ether oxygens (including phenoxy) is 4. The zero-order chi connectivity index (χ0) is 33.0. The van der Waals surface area contributed by atoms with E-state index in [2.05, 4.69) is 30.9 Å². The highest BCUT2D eigenvalue weighted by Crippen LogP contribution is 2.48. The second-order valence-electron chi connectivity index (χ2n) is 12.7. The van der Waals surface area contributed by atoms with Crippen LogP contribution >= 0.6 is 0 Å². The van der Waals surface area contributed by atoms with Gasteiger partial charge < -0.3 is 18.9 Å². The highest BCUT2D eigenvalue weighted by atomic mass is 16.6. The summed E-state index contributed by atoms with van der Waals surface area (Å²) in [7, 11) is 0. The molecule has 1 fully saturated rings. The highest BCUT2D eigenvalue weighted by Gasteiger charge is 2.37. The van der Waals surface area contributed by atoms with Crippen molar-refractivity contribution in [2.75, 3.05) is 0 Å². The predicted molar refractivity (Wildman–Crippen MR) is 175 cm³/mol. The first kappa shape index (κ1) is 32.2. The first-order chi connectivity index (χ1) is 22.8. The molecule has 0 spiro atoms. The zero-order valence-electron chi connectivity index (χ0n) is 26.8. The molecule has 8 heteroatoms. The maximum atomic E-state index is 12.1. The quantitative estimate of drug-likeness (QED) is 0.122. The van der Waals surface area contributed by atoms with E-state index >= 15 is 0 Å². The van der Waals surface area contributed by atoms with Gasteiger partial charge in [0.15, 0.2) is 0 Å². The van der Waals surface area contributed by atoms with Crippen molar-refractivity contribution in [2.45, 2.75) is 90.1 Å². The van der Waals surface area contributed by atoms with Gasteiger partial charge in [-0.05, 0) is 79.8 Å². The van der Waals surface area contributed by atoms with Gasteiger partial charge in [-0.1, -0.05) is 69.8 Å². The van der Waals surface area contributed by atoms with Crippen LogP contribution in [-0.2, 0) is 23.8 Å². The first-order valence-corrected chi connectivity index (χ1v) is 16.7. The fraction of sp³-hybridized carbons (Fsp3) is 0.385. The molecule has 1 unspecified atom stereocenters. The van der Waals surface area contributed by atoms with Crippen LogP contribution in [-0.4, -0.2) is 30.0 Å². The Morgan fingerprint density at radius 3 is 2.28 bits per heavy atom. The molecule has 6 rings (SSSR count). The van der Waals surface area contributed by atoms with Gasteiger partial charge in [-0.2, -0.15) is 0 Å². The van der Waals surface area contributed by atoms with Crippen LogP contribution in [0.3, 0.4) is 0 Å². The molecule has 244 valence electrons. The molecular formula is C39H40O8. The minimum absolute atomic E-state index is 0.222. The summed E-state index contributed by atoms with van der Waals surface area (Å²) in [5.74, 6) is -0.697. The SMILES string of the molecule is C=C(/C=C\C(=C/C)OC1=CC2=C(CC1)C(=O)OC2=O)C1(C2=CCC(Oc3ccc4c(c3)C(=O)OC4=O)C=C2)CCCCCCCCC1. The zero-order valence-corrected chi connectivity index (χ0v) is 26.8. The maximum Gasteiger partial charge on any atom is 0.347 e. The van der Waals surface area contributed by atoms with Crippen molar-refractivity contribution in [1.29, 1.82) is 0 Å². The molecule has 2 heterocycles. The minimum atomic E-state index is -0.648. The largest absolute Gasteiger partial charge is 0.486 e. The van der Waals surface area contributed by atoms with Crippen molar-refractivity contribution in [3.8, 4) is 5.75 Å². The van der Waals surface area contributed by atoms with E-state index < -0.39 is 23.9 Å². The summed E-state index contributed by atoms with van der Waals surface area (Å²) >= 11 is 0. The van der Waals surface area contributed by atoms with E-state index in [-0.39, 0.29) is 28.2 Å². The van der Waals surface area contributed by atoms with Crippen molar-refractivity contribution in [2.24, 2.45) is 5.41 Å². The first-order valence-electron chi connectivity index (χ1n) is 16.7. The number of allylic oxidation sites excluding steroid dienone is 7. The molecule has 1 aromatic rings. The third-order valence-electron chi connectivity index (χ3n) is 9.72. The van der Waals surface area contributed by atoms with Crippen molar-refractivity contribution in [3.05, 3.63) is 112 Å². The Kier molecular flexibility index (Phi) is 9.57. The summed E-state index contributed by atoms with van der Waals surface area (Å²) in [6.45, 7) is 6.53. The fourth-order valence-electron chi connectivity index (χ4n) is 7.07. The molecule has 5 aliphatic rings. The molecule has 0 saturated heterocycles. The predicted octanol–water partition coefficient (Wildman–Crippen LogP) is 8.23. The Balaban J connectivity index is 1.19. The third kappa shape index (κ3) is 6.87. The number of benzene rings is 1. The van der Waals surface area contributed by atoms with E-state index in [1.165, 1.54) is 37.7 Å². The van der Waals surface area contributed by atoms with Gasteiger partial charge in [0.05, 0.1) is 22.3 Å². The van der Waals surface area contributed by atoms with Crippen LogP contribution in [0.5, 0.6) is 5.75 Å². The number of carbonyl (C=O) groups excluding carboxylic acids is 4. The molecule has 0 bridgehead atoms. The number of carbonyl (C=O) groups is 4. The lowest BCUT2D eigenvalue weighted by Gasteiger charge is -2.39. The Hall–Kier alpha value is -4.72. The molecule has 0 amide bonds. The standard InChI is InChI=1S/C39H40O8/c1-3-27(44-29-17-19-31-33(23-29)37(42)46-35(31)40)14-11-25(2)39(21-9-7-5-4-6-8-10-22-39)26-12-15-28(16-13-26)45-30-18-20-32-34(24-30)38(43)47-36(32)41/h3,11-15,18,20,23-24,28H,2,4-10,16-17,19,21-22H2,1H3/b14-11-,27-3+. The van der Waals surface area contributed by atoms with Gasteiger partial charge in [0.2, 0.25) is 0 Å². The number of hydrogen-bond acceptors (Lipinski definition) is 8. The molecule has 8 nitrogen and oxygen atoms in total. The average Bonchev–Trinajstić information content (AvgIpc) is 3.53. The van der Waals surface area contributed by atoms with E-state index in [9.17, 15) is 19.2 Å². The number of rotatable bonds is 8. The van der Waals surface area contributed by atoms with Gasteiger partial charge in [0.1, 0.15) is 23.4 Å². The maximum absolute atomic E-state index is 12.1. The Labute approximate surface area is 275 Å². The molecule has 3 aliphatic carbocycles. The van der Waals surface area contributed by atoms with E-state index in [1.54, 1.807) is 24.3 Å². The van der Waals surface area contributed by atoms with Crippen LogP contribution < -0.4 is 4.74 Å². The van der Waals surface area contributed by atoms with Crippen molar-refractivity contribution < 1.29 is 38.1 Å². The molecule has 0 N–H and O–H groups in total. The number of esters is 4. The summed E-state index contributed by atoms with van der Waals surface area (Å²) in [5, 5.41) is 0. The van der Waals surface area contributed by atoms with E-state index in [4.69, 9.17) is 18.9 Å². The second kappa shape index (κ2) is 14.0. The van der Waals surface area contributed by atoms with Crippen LogP contribution in [0, 0.1) is 5.41 Å². The fourth-order valence-corrected chi connectivity index (χ4v) is 7.07. The number of cyclic esters (lactones) is 4. The van der Waals surface area contributed by atoms with Crippen molar-refractivity contribution in [3.63, 3.8) is 0 Å². The van der Waals surface area contributed by atoms with Crippen molar-refractivity contribution >= 4 is 23.9 Å². The lowest BCUT2D eigenvalue weighted by molar-refractivity contribution is -0.151. The Morgan fingerprint density at radius 2 is 1.57 bits per heavy atom. The molecule has 0 radical (unpaired) electrons. The average molecular weight is 637 g/mol. The smallest absolute Gasteiger partial charge is 0.347 e. The molecule has 47 heavy (non-hydrogen) atoms. The minimum Gasteiger partial charge on any atom is -0.486 e. The topological polar surface area (TPSA) is 105 Å². The molecule has 1 aromatic carbocycles. The van der Waals surface area contributed by atoms with Gasteiger partial charge in [-0.25, -0.2) is 19.2 Å². The van der Waals surface area contributed by atoms with Crippen LogP contribution in [0.2, 0.25) is 0 Å². The summed E-state index contributed by atoms with van der Waals surface area (Å²) < 4.78 is 21.9. The van der Waals surface area contributed by atoms with Crippen LogP contribution in [0.15, 0.2) is 101 Å². The number of hydrogen-bond donors (Lipinski definition) is 0. The lowest BCUT2D eigenvalue weighted by Crippen LogP contribution is -2.27. The van der Waals surface area contributed by atoms with Crippen molar-refractivity contribution in [1.82, 2.24) is 0 Å². The van der Waals surface area contributed by atoms with E-state index in [1.807, 2.05) is 19.1 Å². The Bertz CT molecular complexity index is 1680. The van der Waals surface area contributed by atoms with E-state index in [0.717, 1.165) is 31.3 Å². The number of fused-ring (bicyclic) bond motifs is 1. The molecular weight excluding hydrogens is 596 g/mol. The Morgan fingerprint density at radius 1 is 0.872 bits per heavy atom. The summed E-state index contributed by atoms with van der Waals surface area (Å²) in [6.07, 6.45) is 25.7. The van der Waals surface area contributed by atoms with Gasteiger partial charge in [0.25, 0.3) is 0 Å². The highest BCUT2D eigenvalue weighted by molar-refractivity contribution is 6.15. The molecule has 1 saturated carbocycles. The van der Waals surface area contributed by atoms with Crippen LogP contribution in [0.25, 0.3) is 0 Å². The van der Waals surface area contributed by atoms with E-state index in [0.29, 0.717) is 42.1 Å². The van der Waals surface area contributed by atoms with Gasteiger partial charge >= 0.3 is 23.9 Å². The summed E-state index contributed by atoms with van der Waals surface area (Å²) in [4.78, 5) is 47.8. The van der Waals surface area contributed by atoms with Crippen LogP contribution in [0.1, 0.15) is 105 Å². The second-order valence-corrected chi connectivity index (χ2v) is 12.7. The monoisotopic (exact) mass is 636 g/mol. The van der Waals surface area contributed by atoms with Gasteiger partial charge in [0, 0.05) is 18.3 Å². The summed E-state index contributed by atoms with van der Waals surface area (Å²) in [5.41, 5.74) is 3.20. The molecule has 2 aliphatic heterocycles.